The second kappa shape index (κ2) is 5.59. The van der Waals surface area contributed by atoms with Crippen molar-refractivity contribution in [3.8, 4) is 0 Å². The number of aromatic nitrogens is 3. The Morgan fingerprint density at radius 2 is 2.18 bits per heavy atom. The van der Waals surface area contributed by atoms with E-state index in [2.05, 4.69) is 16.9 Å². The zero-order chi connectivity index (χ0) is 12.1. The smallest absolute Gasteiger partial charge is 0.0953 e. The molecule has 0 fully saturated rings. The minimum absolute atomic E-state index is 0.202. The van der Waals surface area contributed by atoms with E-state index >= 15 is 0 Å². The van der Waals surface area contributed by atoms with Gasteiger partial charge >= 0.3 is 0 Å². The molecule has 0 spiro atoms. The van der Waals surface area contributed by atoms with Crippen LogP contribution in [0, 0.1) is 0 Å². The second-order valence-corrected chi connectivity index (χ2v) is 4.23. The Morgan fingerprint density at radius 1 is 1.29 bits per heavy atom. The maximum Gasteiger partial charge on any atom is 0.0953 e. The molecule has 2 heterocycles. The summed E-state index contributed by atoms with van der Waals surface area (Å²) in [6, 6.07) is 6.13. The molecule has 2 N–H and O–H groups in total. The SMILES string of the molecule is CCC(N)Cc1cn(Cc2ccccn2)cn1. The summed E-state index contributed by atoms with van der Waals surface area (Å²) in [5.41, 5.74) is 7.99. The third kappa shape index (κ3) is 3.39. The first kappa shape index (κ1) is 11.8. The Morgan fingerprint density at radius 3 is 2.88 bits per heavy atom. The van der Waals surface area contributed by atoms with Gasteiger partial charge in [-0.2, -0.15) is 0 Å². The van der Waals surface area contributed by atoms with E-state index in [0.717, 1.165) is 30.8 Å². The molecule has 0 aliphatic carbocycles. The summed E-state index contributed by atoms with van der Waals surface area (Å²) >= 11 is 0. The van der Waals surface area contributed by atoms with E-state index in [1.165, 1.54) is 0 Å². The van der Waals surface area contributed by atoms with Crippen molar-refractivity contribution in [2.75, 3.05) is 0 Å². The Bertz CT molecular complexity index is 449. The van der Waals surface area contributed by atoms with Crippen LogP contribution < -0.4 is 5.73 Å². The number of rotatable bonds is 5. The van der Waals surface area contributed by atoms with Gasteiger partial charge < -0.3 is 10.3 Å². The maximum atomic E-state index is 5.91. The second-order valence-electron chi connectivity index (χ2n) is 4.23. The minimum atomic E-state index is 0.202. The van der Waals surface area contributed by atoms with Crippen LogP contribution in [0.4, 0.5) is 0 Å². The number of imidazole rings is 1. The molecule has 0 saturated heterocycles. The highest BCUT2D eigenvalue weighted by Crippen LogP contribution is 2.04. The van der Waals surface area contributed by atoms with E-state index in [4.69, 9.17) is 5.73 Å². The van der Waals surface area contributed by atoms with Gasteiger partial charge in [0.25, 0.3) is 0 Å². The third-order valence-corrected chi connectivity index (χ3v) is 2.75. The Labute approximate surface area is 102 Å². The van der Waals surface area contributed by atoms with Crippen LogP contribution in [0.5, 0.6) is 0 Å². The molecule has 4 nitrogen and oxygen atoms in total. The largest absolute Gasteiger partial charge is 0.331 e. The summed E-state index contributed by atoms with van der Waals surface area (Å²) in [6.45, 7) is 2.85. The molecule has 0 aliphatic heterocycles. The van der Waals surface area contributed by atoms with Gasteiger partial charge in [0.15, 0.2) is 0 Å². The van der Waals surface area contributed by atoms with Crippen LogP contribution in [0.25, 0.3) is 0 Å². The van der Waals surface area contributed by atoms with Crippen LogP contribution in [0.2, 0.25) is 0 Å². The molecule has 0 aromatic carbocycles. The fourth-order valence-electron chi connectivity index (χ4n) is 1.69. The highest BCUT2D eigenvalue weighted by molar-refractivity contribution is 5.06. The lowest BCUT2D eigenvalue weighted by atomic mass is 10.1. The van der Waals surface area contributed by atoms with Crippen LogP contribution in [0.3, 0.4) is 0 Å². The normalized spacial score (nSPS) is 12.6. The first-order chi connectivity index (χ1) is 8.28. The minimum Gasteiger partial charge on any atom is -0.331 e. The van der Waals surface area contributed by atoms with Gasteiger partial charge in [-0.25, -0.2) is 4.98 Å². The van der Waals surface area contributed by atoms with Crippen LogP contribution in [0.15, 0.2) is 36.9 Å². The van der Waals surface area contributed by atoms with Crippen molar-refractivity contribution >= 4 is 0 Å². The Kier molecular flexibility index (Phi) is 3.88. The van der Waals surface area contributed by atoms with E-state index < -0.39 is 0 Å². The summed E-state index contributed by atoms with van der Waals surface area (Å²) < 4.78 is 2.04. The predicted octanol–water partition coefficient (Wildman–Crippen LogP) is 1.61. The van der Waals surface area contributed by atoms with Gasteiger partial charge in [-0.3, -0.25) is 4.98 Å². The summed E-state index contributed by atoms with van der Waals surface area (Å²) in [6.07, 6.45) is 7.51. The first-order valence-electron chi connectivity index (χ1n) is 5.94. The van der Waals surface area contributed by atoms with Gasteiger partial charge in [-0.1, -0.05) is 13.0 Å². The highest BCUT2D eigenvalue weighted by Gasteiger charge is 2.05. The standard InChI is InChI=1S/C13H18N4/c1-2-11(14)7-13-9-17(10-16-13)8-12-5-3-4-6-15-12/h3-6,9-11H,2,7-8,14H2,1H3. The highest BCUT2D eigenvalue weighted by atomic mass is 15.0. The number of hydrogen-bond donors (Lipinski definition) is 1. The quantitative estimate of drug-likeness (QED) is 0.849. The van der Waals surface area contributed by atoms with Crippen molar-refractivity contribution in [2.24, 2.45) is 5.73 Å². The van der Waals surface area contributed by atoms with Crippen molar-refractivity contribution in [1.29, 1.82) is 0 Å². The van der Waals surface area contributed by atoms with Crippen LogP contribution in [-0.2, 0) is 13.0 Å². The molecule has 2 rings (SSSR count). The van der Waals surface area contributed by atoms with E-state index in [9.17, 15) is 0 Å². The molecule has 1 unspecified atom stereocenters. The van der Waals surface area contributed by atoms with Gasteiger partial charge in [0, 0.05) is 24.9 Å². The molecule has 0 radical (unpaired) electrons. The van der Waals surface area contributed by atoms with Crippen molar-refractivity contribution in [3.05, 3.63) is 48.3 Å². The lowest BCUT2D eigenvalue weighted by molar-refractivity contribution is 0.638. The van der Waals surface area contributed by atoms with Gasteiger partial charge in [0.05, 0.1) is 24.3 Å². The number of nitrogens with two attached hydrogens (primary N) is 1. The van der Waals surface area contributed by atoms with Gasteiger partial charge in [0.2, 0.25) is 0 Å². The average Bonchev–Trinajstić information content (AvgIpc) is 2.77. The maximum absolute atomic E-state index is 5.91. The molecule has 0 aliphatic rings. The van der Waals surface area contributed by atoms with Gasteiger partial charge in [0.1, 0.15) is 0 Å². The number of hydrogen-bond acceptors (Lipinski definition) is 3. The lowest BCUT2D eigenvalue weighted by Crippen LogP contribution is -2.21. The molecule has 0 amide bonds. The van der Waals surface area contributed by atoms with Crippen molar-refractivity contribution in [2.45, 2.75) is 32.4 Å². The average molecular weight is 230 g/mol. The Hall–Kier alpha value is -1.68. The van der Waals surface area contributed by atoms with E-state index in [1.807, 2.05) is 35.3 Å². The fourth-order valence-corrected chi connectivity index (χ4v) is 1.69. The summed E-state index contributed by atoms with van der Waals surface area (Å²) in [5, 5.41) is 0. The molecule has 2 aromatic heterocycles. The third-order valence-electron chi connectivity index (χ3n) is 2.75. The van der Waals surface area contributed by atoms with Gasteiger partial charge in [-0.15, -0.1) is 0 Å². The molecule has 0 saturated carbocycles. The number of nitrogens with zero attached hydrogens (tertiary/aromatic N) is 3. The zero-order valence-corrected chi connectivity index (χ0v) is 10.1. The van der Waals surface area contributed by atoms with Crippen molar-refractivity contribution in [3.63, 3.8) is 0 Å². The predicted molar refractivity (Wildman–Crippen MR) is 67.5 cm³/mol. The molecule has 1 atom stereocenters. The lowest BCUT2D eigenvalue weighted by Gasteiger charge is -2.04. The van der Waals surface area contributed by atoms with Crippen LogP contribution in [-0.4, -0.2) is 20.6 Å². The number of pyridine rings is 1. The summed E-state index contributed by atoms with van der Waals surface area (Å²) in [5.74, 6) is 0. The first-order valence-corrected chi connectivity index (χ1v) is 5.94. The van der Waals surface area contributed by atoms with E-state index in [0.29, 0.717) is 0 Å². The van der Waals surface area contributed by atoms with Crippen LogP contribution >= 0.6 is 0 Å². The summed E-state index contributed by atoms with van der Waals surface area (Å²) in [7, 11) is 0. The van der Waals surface area contributed by atoms with E-state index in [-0.39, 0.29) is 6.04 Å². The van der Waals surface area contributed by atoms with E-state index in [1.54, 1.807) is 6.20 Å². The topological polar surface area (TPSA) is 56.7 Å². The van der Waals surface area contributed by atoms with Crippen molar-refractivity contribution < 1.29 is 0 Å². The van der Waals surface area contributed by atoms with Crippen LogP contribution in [0.1, 0.15) is 24.7 Å². The van der Waals surface area contributed by atoms with Gasteiger partial charge in [-0.05, 0) is 18.6 Å². The molecular formula is C13H18N4. The molecular weight excluding hydrogens is 212 g/mol. The fraction of sp³-hybridized carbons (Fsp3) is 0.385. The molecule has 17 heavy (non-hydrogen) atoms. The molecule has 0 bridgehead atoms. The Balaban J connectivity index is 1.99. The molecule has 2 aromatic rings. The zero-order valence-electron chi connectivity index (χ0n) is 10.1. The summed E-state index contributed by atoms with van der Waals surface area (Å²) in [4.78, 5) is 8.64. The van der Waals surface area contributed by atoms with Crippen molar-refractivity contribution in [1.82, 2.24) is 14.5 Å². The molecule has 90 valence electrons. The monoisotopic (exact) mass is 230 g/mol. The molecule has 4 heteroatoms.